The van der Waals surface area contributed by atoms with Crippen molar-refractivity contribution >= 4 is 11.3 Å². The first-order valence-corrected chi connectivity index (χ1v) is 6.76. The second kappa shape index (κ2) is 5.18. The van der Waals surface area contributed by atoms with E-state index in [1.807, 2.05) is 4.90 Å². The second-order valence-electron chi connectivity index (χ2n) is 5.22. The lowest BCUT2D eigenvalue weighted by molar-refractivity contribution is -0.141. The van der Waals surface area contributed by atoms with E-state index in [0.717, 1.165) is 19.0 Å². The number of fused-ring (bicyclic) bond motifs is 1. The summed E-state index contributed by atoms with van der Waals surface area (Å²) in [4.78, 5) is 6.17. The third-order valence-electron chi connectivity index (χ3n) is 3.78. The highest BCUT2D eigenvalue weighted by Crippen LogP contribution is 2.32. The molecule has 0 spiro atoms. The van der Waals surface area contributed by atoms with Gasteiger partial charge < -0.3 is 10.0 Å². The Balaban J connectivity index is 1.94. The van der Waals surface area contributed by atoms with Gasteiger partial charge in [0.25, 0.3) is 0 Å². The topological polar surface area (TPSA) is 53.7 Å². The average Bonchev–Trinajstić information content (AvgIpc) is 3.03. The minimum Gasteiger partial charge on any atom is -0.396 e. The van der Waals surface area contributed by atoms with Crippen LogP contribution < -0.4 is 4.90 Å². The monoisotopic (exact) mass is 300 g/mol. The summed E-state index contributed by atoms with van der Waals surface area (Å²) in [7, 11) is 0. The van der Waals surface area contributed by atoms with E-state index < -0.39 is 11.9 Å². The third-order valence-corrected chi connectivity index (χ3v) is 3.78. The Bertz CT molecular complexity index is 640. The highest BCUT2D eigenvalue weighted by molar-refractivity contribution is 5.69. The first kappa shape index (κ1) is 14.1. The predicted octanol–water partition coefficient (Wildman–Crippen LogP) is 1.96. The first-order valence-electron chi connectivity index (χ1n) is 6.76. The largest absolute Gasteiger partial charge is 0.435 e. The van der Waals surface area contributed by atoms with Crippen LogP contribution in [-0.4, -0.2) is 39.4 Å². The Morgan fingerprint density at radius 3 is 2.90 bits per heavy atom. The Kier molecular flexibility index (Phi) is 3.48. The maximum absolute atomic E-state index is 12.8. The number of aromatic nitrogens is 3. The fraction of sp³-hybridized carbons (Fsp3) is 0.538. The number of rotatable bonds is 3. The molecule has 1 N–H and O–H groups in total. The van der Waals surface area contributed by atoms with E-state index in [0.29, 0.717) is 30.2 Å². The average molecular weight is 300 g/mol. The van der Waals surface area contributed by atoms with Crippen LogP contribution in [0, 0.1) is 5.92 Å². The summed E-state index contributed by atoms with van der Waals surface area (Å²) in [6, 6.07) is 1.03. The molecule has 1 fully saturated rings. The Labute approximate surface area is 119 Å². The summed E-state index contributed by atoms with van der Waals surface area (Å²) in [5.74, 6) is 0.864. The predicted molar refractivity (Wildman–Crippen MR) is 70.0 cm³/mol. The molecule has 5 nitrogen and oxygen atoms in total. The van der Waals surface area contributed by atoms with Crippen molar-refractivity contribution in [3.63, 3.8) is 0 Å². The SMILES string of the molecule is OCCC1CCN(c2nccn3nc(C(F)(F)F)cc23)C1. The highest BCUT2D eigenvalue weighted by atomic mass is 19.4. The Hall–Kier alpha value is -1.83. The molecule has 1 aliphatic rings. The van der Waals surface area contributed by atoms with Crippen molar-refractivity contribution in [3.05, 3.63) is 24.2 Å². The molecule has 2 aromatic rings. The maximum Gasteiger partial charge on any atom is 0.435 e. The number of nitrogens with zero attached hydrogens (tertiary/aromatic N) is 4. The fourth-order valence-corrected chi connectivity index (χ4v) is 2.73. The Morgan fingerprint density at radius 1 is 1.38 bits per heavy atom. The number of aliphatic hydroxyl groups excluding tert-OH is 1. The van der Waals surface area contributed by atoms with Crippen LogP contribution in [0.3, 0.4) is 0 Å². The third kappa shape index (κ3) is 2.67. The lowest BCUT2D eigenvalue weighted by Crippen LogP contribution is -2.21. The maximum atomic E-state index is 12.8. The van der Waals surface area contributed by atoms with Crippen molar-refractivity contribution in [1.82, 2.24) is 14.6 Å². The van der Waals surface area contributed by atoms with Gasteiger partial charge in [-0.1, -0.05) is 0 Å². The molecular formula is C13H15F3N4O. The van der Waals surface area contributed by atoms with Crippen molar-refractivity contribution in [2.45, 2.75) is 19.0 Å². The second-order valence-corrected chi connectivity index (χ2v) is 5.22. The molecule has 3 rings (SSSR count). The van der Waals surface area contributed by atoms with E-state index in [4.69, 9.17) is 5.11 Å². The number of anilines is 1. The molecule has 21 heavy (non-hydrogen) atoms. The molecule has 2 aromatic heterocycles. The van der Waals surface area contributed by atoms with Gasteiger partial charge in [-0.3, -0.25) is 0 Å². The van der Waals surface area contributed by atoms with E-state index >= 15 is 0 Å². The van der Waals surface area contributed by atoms with E-state index in [1.54, 1.807) is 0 Å². The molecule has 8 heteroatoms. The molecule has 0 amide bonds. The zero-order chi connectivity index (χ0) is 15.0. The minimum absolute atomic E-state index is 0.126. The Morgan fingerprint density at radius 2 is 2.19 bits per heavy atom. The van der Waals surface area contributed by atoms with Crippen molar-refractivity contribution < 1.29 is 18.3 Å². The van der Waals surface area contributed by atoms with Crippen LogP contribution in [0.15, 0.2) is 18.5 Å². The number of hydrogen-bond donors (Lipinski definition) is 1. The van der Waals surface area contributed by atoms with E-state index in [9.17, 15) is 13.2 Å². The van der Waals surface area contributed by atoms with Gasteiger partial charge in [-0.2, -0.15) is 18.3 Å². The summed E-state index contributed by atoms with van der Waals surface area (Å²) in [5.41, 5.74) is -0.558. The standard InChI is InChI=1S/C13H15F3N4O/c14-13(15,16)11-7-10-12(17-3-5-20(10)18-11)19-4-1-9(8-19)2-6-21/h3,5,7,9,21H,1-2,4,6,8H2. The lowest BCUT2D eigenvalue weighted by atomic mass is 10.1. The van der Waals surface area contributed by atoms with Gasteiger partial charge in [-0.15, -0.1) is 0 Å². The van der Waals surface area contributed by atoms with Crippen molar-refractivity contribution in [2.75, 3.05) is 24.6 Å². The number of alkyl halides is 3. The van der Waals surface area contributed by atoms with Crippen LogP contribution in [-0.2, 0) is 6.18 Å². The van der Waals surface area contributed by atoms with Gasteiger partial charge >= 0.3 is 6.18 Å². The van der Waals surface area contributed by atoms with Crippen LogP contribution in [0.4, 0.5) is 19.0 Å². The molecular weight excluding hydrogens is 285 g/mol. The molecule has 1 saturated heterocycles. The summed E-state index contributed by atoms with van der Waals surface area (Å²) in [6.45, 7) is 1.55. The van der Waals surface area contributed by atoms with Crippen LogP contribution in [0.25, 0.3) is 5.52 Å². The molecule has 1 unspecified atom stereocenters. The van der Waals surface area contributed by atoms with Crippen LogP contribution in [0.1, 0.15) is 18.5 Å². The van der Waals surface area contributed by atoms with Gasteiger partial charge in [-0.25, -0.2) is 9.50 Å². The van der Waals surface area contributed by atoms with Crippen LogP contribution in [0.5, 0.6) is 0 Å². The fourth-order valence-electron chi connectivity index (χ4n) is 2.73. The number of halogens is 3. The summed E-state index contributed by atoms with van der Waals surface area (Å²) in [6.07, 6.45) is 0.00811. The smallest absolute Gasteiger partial charge is 0.396 e. The van der Waals surface area contributed by atoms with Crippen LogP contribution >= 0.6 is 0 Å². The lowest BCUT2D eigenvalue weighted by Gasteiger charge is -2.18. The zero-order valence-corrected chi connectivity index (χ0v) is 11.2. The van der Waals surface area contributed by atoms with Crippen molar-refractivity contribution in [3.8, 4) is 0 Å². The van der Waals surface area contributed by atoms with Crippen molar-refractivity contribution in [2.24, 2.45) is 5.92 Å². The molecule has 114 valence electrons. The molecule has 0 aliphatic carbocycles. The van der Waals surface area contributed by atoms with Gasteiger partial charge in [0.05, 0.1) is 0 Å². The van der Waals surface area contributed by atoms with Gasteiger partial charge in [-0.05, 0) is 18.8 Å². The van der Waals surface area contributed by atoms with Gasteiger partial charge in [0.15, 0.2) is 11.5 Å². The van der Waals surface area contributed by atoms with Gasteiger partial charge in [0.1, 0.15) is 5.52 Å². The molecule has 0 saturated carbocycles. The minimum atomic E-state index is -4.46. The molecule has 1 aliphatic heterocycles. The number of hydrogen-bond acceptors (Lipinski definition) is 4. The van der Waals surface area contributed by atoms with Gasteiger partial charge in [0, 0.05) is 38.2 Å². The molecule has 0 aromatic carbocycles. The highest BCUT2D eigenvalue weighted by Gasteiger charge is 2.35. The van der Waals surface area contributed by atoms with Gasteiger partial charge in [0.2, 0.25) is 0 Å². The summed E-state index contributed by atoms with van der Waals surface area (Å²) >= 11 is 0. The molecule has 1 atom stereocenters. The van der Waals surface area contributed by atoms with Crippen LogP contribution in [0.2, 0.25) is 0 Å². The molecule has 3 heterocycles. The first-order chi connectivity index (χ1) is 9.99. The number of aliphatic hydroxyl groups is 1. The van der Waals surface area contributed by atoms with Crippen molar-refractivity contribution in [1.29, 1.82) is 0 Å². The van der Waals surface area contributed by atoms with E-state index in [2.05, 4.69) is 10.1 Å². The molecule has 0 radical (unpaired) electrons. The van der Waals surface area contributed by atoms with E-state index in [1.165, 1.54) is 16.9 Å². The molecule has 0 bridgehead atoms. The summed E-state index contributed by atoms with van der Waals surface area (Å²) in [5, 5.41) is 12.5. The zero-order valence-electron chi connectivity index (χ0n) is 11.2. The summed E-state index contributed by atoms with van der Waals surface area (Å²) < 4.78 is 39.5. The van der Waals surface area contributed by atoms with E-state index in [-0.39, 0.29) is 6.61 Å². The normalized spacial score (nSPS) is 19.6. The quantitative estimate of drug-likeness (QED) is 0.941.